The summed E-state index contributed by atoms with van der Waals surface area (Å²) in [6.07, 6.45) is 0. The van der Waals surface area contributed by atoms with Crippen LogP contribution in [0, 0.1) is 6.92 Å². The average molecular weight is 357 g/mol. The van der Waals surface area contributed by atoms with Gasteiger partial charge in [0.25, 0.3) is 5.56 Å². The number of fused-ring (bicyclic) bond motifs is 1. The molecule has 0 aliphatic heterocycles. The molecule has 7 heteroatoms. The first-order valence-electron chi connectivity index (χ1n) is 6.10. The highest BCUT2D eigenvalue weighted by Gasteiger charge is 2.09. The maximum Gasteiger partial charge on any atom is 0.260 e. The number of aromatic amines is 1. The molecule has 0 radical (unpaired) electrons. The summed E-state index contributed by atoms with van der Waals surface area (Å²) < 4.78 is 0. The molecule has 0 unspecified atom stereocenters. The number of rotatable bonds is 3. The molecule has 2 heterocycles. The standard InChI is InChI=1S/C14H10Cl2N2OS2/c1-7-4-10-12(19)17-14(18-13(10)21-7)20-6-8-2-3-9(15)5-11(8)16/h2-5H,6H2,1H3,(H,17,18,19). The van der Waals surface area contributed by atoms with Crippen molar-refractivity contribution in [3.05, 3.63) is 55.1 Å². The van der Waals surface area contributed by atoms with E-state index in [1.54, 1.807) is 12.1 Å². The van der Waals surface area contributed by atoms with Crippen LogP contribution in [0.25, 0.3) is 10.2 Å². The van der Waals surface area contributed by atoms with E-state index in [0.717, 1.165) is 15.3 Å². The van der Waals surface area contributed by atoms with Crippen molar-refractivity contribution in [1.29, 1.82) is 0 Å². The molecule has 21 heavy (non-hydrogen) atoms. The molecular weight excluding hydrogens is 347 g/mol. The second-order valence-electron chi connectivity index (χ2n) is 4.47. The van der Waals surface area contributed by atoms with Crippen LogP contribution in [0.3, 0.4) is 0 Å². The molecule has 2 aromatic heterocycles. The molecule has 3 aromatic rings. The molecule has 108 valence electrons. The van der Waals surface area contributed by atoms with Crippen molar-refractivity contribution in [1.82, 2.24) is 9.97 Å². The Labute approximate surface area is 139 Å². The highest BCUT2D eigenvalue weighted by molar-refractivity contribution is 7.98. The zero-order valence-electron chi connectivity index (χ0n) is 10.9. The summed E-state index contributed by atoms with van der Waals surface area (Å²) in [6, 6.07) is 7.24. The van der Waals surface area contributed by atoms with Crippen LogP contribution < -0.4 is 5.56 Å². The predicted octanol–water partition coefficient (Wildman–Crippen LogP) is 4.89. The normalized spacial score (nSPS) is 11.2. The summed E-state index contributed by atoms with van der Waals surface area (Å²) >= 11 is 15.0. The molecule has 0 aliphatic rings. The smallest absolute Gasteiger partial charge is 0.260 e. The largest absolute Gasteiger partial charge is 0.301 e. The second kappa shape index (κ2) is 6.01. The van der Waals surface area contributed by atoms with Crippen molar-refractivity contribution in [2.45, 2.75) is 17.8 Å². The monoisotopic (exact) mass is 356 g/mol. The van der Waals surface area contributed by atoms with Gasteiger partial charge < -0.3 is 4.98 Å². The lowest BCUT2D eigenvalue weighted by Gasteiger charge is -2.04. The number of nitrogens with zero attached hydrogens (tertiary/aromatic N) is 1. The van der Waals surface area contributed by atoms with Gasteiger partial charge in [-0.05, 0) is 30.7 Å². The molecule has 0 fully saturated rings. The van der Waals surface area contributed by atoms with Gasteiger partial charge in [0.15, 0.2) is 5.16 Å². The van der Waals surface area contributed by atoms with Crippen LogP contribution in [0.15, 0.2) is 34.2 Å². The third-order valence-electron chi connectivity index (χ3n) is 2.88. The van der Waals surface area contributed by atoms with Gasteiger partial charge in [0.2, 0.25) is 0 Å². The van der Waals surface area contributed by atoms with E-state index in [4.69, 9.17) is 23.2 Å². The number of hydrogen-bond acceptors (Lipinski definition) is 4. The summed E-state index contributed by atoms with van der Waals surface area (Å²) in [4.78, 5) is 21.1. The number of nitrogens with one attached hydrogen (secondary N) is 1. The molecule has 3 nitrogen and oxygen atoms in total. The topological polar surface area (TPSA) is 45.8 Å². The number of H-pyrrole nitrogens is 1. The van der Waals surface area contributed by atoms with Crippen LogP contribution in [0.4, 0.5) is 0 Å². The molecule has 0 saturated heterocycles. The Balaban J connectivity index is 1.86. The van der Waals surface area contributed by atoms with Gasteiger partial charge >= 0.3 is 0 Å². The first-order chi connectivity index (χ1) is 10.0. The maximum absolute atomic E-state index is 12.0. The lowest BCUT2D eigenvalue weighted by molar-refractivity contribution is 0.979. The Morgan fingerprint density at radius 3 is 2.90 bits per heavy atom. The number of halogens is 2. The lowest BCUT2D eigenvalue weighted by atomic mass is 10.2. The van der Waals surface area contributed by atoms with E-state index in [1.165, 1.54) is 23.1 Å². The third kappa shape index (κ3) is 3.26. The van der Waals surface area contributed by atoms with Gasteiger partial charge in [-0.2, -0.15) is 0 Å². The van der Waals surface area contributed by atoms with Crippen LogP contribution in [-0.4, -0.2) is 9.97 Å². The van der Waals surface area contributed by atoms with Gasteiger partial charge in [0.1, 0.15) is 4.83 Å². The van der Waals surface area contributed by atoms with Crippen LogP contribution in [0.5, 0.6) is 0 Å². The van der Waals surface area contributed by atoms with Crippen molar-refractivity contribution in [2.24, 2.45) is 0 Å². The summed E-state index contributed by atoms with van der Waals surface area (Å²) in [5, 5.41) is 2.47. The molecule has 0 atom stereocenters. The average Bonchev–Trinajstić information content (AvgIpc) is 2.79. The Bertz CT molecular complexity index is 873. The number of benzene rings is 1. The Hall–Kier alpha value is -1.01. The van der Waals surface area contributed by atoms with Crippen molar-refractivity contribution in [3.63, 3.8) is 0 Å². The molecule has 0 bridgehead atoms. The van der Waals surface area contributed by atoms with E-state index in [2.05, 4.69) is 9.97 Å². The first kappa shape index (κ1) is 14.9. The predicted molar refractivity (Wildman–Crippen MR) is 91.0 cm³/mol. The van der Waals surface area contributed by atoms with Gasteiger partial charge in [-0.1, -0.05) is 41.0 Å². The molecule has 0 aliphatic carbocycles. The second-order valence-corrected chi connectivity index (χ2v) is 7.51. The zero-order valence-corrected chi connectivity index (χ0v) is 14.1. The van der Waals surface area contributed by atoms with Crippen LogP contribution in [0.1, 0.15) is 10.4 Å². The highest BCUT2D eigenvalue weighted by atomic mass is 35.5. The molecule has 0 saturated carbocycles. The fourth-order valence-electron chi connectivity index (χ4n) is 1.89. The van der Waals surface area contributed by atoms with Gasteiger partial charge in [-0.25, -0.2) is 4.98 Å². The maximum atomic E-state index is 12.0. The van der Waals surface area contributed by atoms with E-state index in [1.807, 2.05) is 19.1 Å². The van der Waals surface area contributed by atoms with Crippen molar-refractivity contribution >= 4 is 56.5 Å². The minimum absolute atomic E-state index is 0.103. The number of aromatic nitrogens is 2. The minimum atomic E-state index is -0.103. The SMILES string of the molecule is Cc1cc2c(=O)[nH]c(SCc3ccc(Cl)cc3Cl)nc2s1. The van der Waals surface area contributed by atoms with Gasteiger partial charge in [0, 0.05) is 20.7 Å². The van der Waals surface area contributed by atoms with E-state index >= 15 is 0 Å². The number of thiophene rings is 1. The summed E-state index contributed by atoms with van der Waals surface area (Å²) in [6.45, 7) is 1.96. The third-order valence-corrected chi connectivity index (χ3v) is 5.34. The summed E-state index contributed by atoms with van der Waals surface area (Å²) in [5.74, 6) is 0.620. The Kier molecular flexibility index (Phi) is 4.26. The molecular formula is C14H10Cl2N2OS2. The summed E-state index contributed by atoms with van der Waals surface area (Å²) in [5.41, 5.74) is 0.852. The number of hydrogen-bond donors (Lipinski definition) is 1. The fourth-order valence-corrected chi connectivity index (χ4v) is 4.24. The van der Waals surface area contributed by atoms with Crippen LogP contribution in [-0.2, 0) is 5.75 Å². The Morgan fingerprint density at radius 2 is 2.14 bits per heavy atom. The van der Waals surface area contributed by atoms with Crippen molar-refractivity contribution in [3.8, 4) is 0 Å². The van der Waals surface area contributed by atoms with Gasteiger partial charge in [-0.15, -0.1) is 11.3 Å². The van der Waals surface area contributed by atoms with Gasteiger partial charge in [0.05, 0.1) is 5.39 Å². The van der Waals surface area contributed by atoms with E-state index in [9.17, 15) is 4.79 Å². The van der Waals surface area contributed by atoms with E-state index < -0.39 is 0 Å². The van der Waals surface area contributed by atoms with Crippen molar-refractivity contribution in [2.75, 3.05) is 0 Å². The quantitative estimate of drug-likeness (QED) is 0.536. The molecule has 0 spiro atoms. The van der Waals surface area contributed by atoms with Crippen LogP contribution in [0.2, 0.25) is 10.0 Å². The summed E-state index contributed by atoms with van der Waals surface area (Å²) in [7, 11) is 0. The lowest BCUT2D eigenvalue weighted by Crippen LogP contribution is -2.07. The van der Waals surface area contributed by atoms with Crippen LogP contribution >= 0.6 is 46.3 Å². The highest BCUT2D eigenvalue weighted by Crippen LogP contribution is 2.28. The van der Waals surface area contributed by atoms with Gasteiger partial charge in [-0.3, -0.25) is 4.79 Å². The fraction of sp³-hybridized carbons (Fsp3) is 0.143. The number of aryl methyl sites for hydroxylation is 1. The van der Waals surface area contributed by atoms with Crippen molar-refractivity contribution < 1.29 is 0 Å². The first-order valence-corrected chi connectivity index (χ1v) is 8.66. The molecule has 0 amide bonds. The van der Waals surface area contributed by atoms with E-state index in [-0.39, 0.29) is 5.56 Å². The minimum Gasteiger partial charge on any atom is -0.301 e. The molecule has 1 aromatic carbocycles. The Morgan fingerprint density at radius 1 is 1.33 bits per heavy atom. The molecule has 1 N–H and O–H groups in total. The zero-order chi connectivity index (χ0) is 15.0. The number of thioether (sulfide) groups is 1. The molecule has 3 rings (SSSR count). The van der Waals surface area contributed by atoms with E-state index in [0.29, 0.717) is 26.3 Å².